The highest BCUT2D eigenvalue weighted by atomic mass is 16.5. The highest BCUT2D eigenvalue weighted by Crippen LogP contribution is 2.37. The van der Waals surface area contributed by atoms with Crippen LogP contribution >= 0.6 is 0 Å². The minimum atomic E-state index is -0.181. The summed E-state index contributed by atoms with van der Waals surface area (Å²) in [6.07, 6.45) is 5.90. The Labute approximate surface area is 226 Å². The first kappa shape index (κ1) is 24.0. The number of nitrogens with zero attached hydrogens (tertiary/aromatic N) is 10. The van der Waals surface area contributed by atoms with Crippen molar-refractivity contribution < 1.29 is 4.74 Å². The van der Waals surface area contributed by atoms with E-state index in [4.69, 9.17) is 4.74 Å². The second-order valence-corrected chi connectivity index (χ2v) is 10.5. The molecule has 2 fully saturated rings. The highest BCUT2D eigenvalue weighted by Gasteiger charge is 2.35. The summed E-state index contributed by atoms with van der Waals surface area (Å²) in [5.74, 6) is 1.63. The Kier molecular flexibility index (Phi) is 6.28. The summed E-state index contributed by atoms with van der Waals surface area (Å²) in [4.78, 5) is 4.93. The molecular weight excluding hydrogens is 492 g/mol. The summed E-state index contributed by atoms with van der Waals surface area (Å²) >= 11 is 0. The van der Waals surface area contributed by atoms with Crippen LogP contribution in [0.5, 0.6) is 5.75 Å². The second kappa shape index (κ2) is 10.2. The van der Waals surface area contributed by atoms with Crippen LogP contribution in [0.4, 0.5) is 5.69 Å². The molecule has 2 aliphatic rings. The summed E-state index contributed by atoms with van der Waals surface area (Å²) in [5.41, 5.74) is 3.88. The first-order chi connectivity index (χ1) is 19.3. The molecule has 0 N–H and O–H groups in total. The number of ether oxygens (including phenoxy) is 1. The highest BCUT2D eigenvalue weighted by molar-refractivity contribution is 5.84. The van der Waals surface area contributed by atoms with Crippen molar-refractivity contribution in [3.63, 3.8) is 0 Å². The molecule has 5 aromatic rings. The van der Waals surface area contributed by atoms with E-state index in [0.29, 0.717) is 11.7 Å². The molecule has 7 rings (SSSR count). The van der Waals surface area contributed by atoms with Gasteiger partial charge in [-0.3, -0.25) is 4.90 Å². The smallest absolute Gasteiger partial charge is 0.185 e. The average molecular weight is 525 g/mol. The van der Waals surface area contributed by atoms with Crippen molar-refractivity contribution in [2.45, 2.75) is 44.2 Å². The lowest BCUT2D eigenvalue weighted by Gasteiger charge is -2.40. The number of tetrazole rings is 2. The third-order valence-electron chi connectivity index (χ3n) is 8.28. The van der Waals surface area contributed by atoms with Crippen LogP contribution in [0.3, 0.4) is 0 Å². The van der Waals surface area contributed by atoms with Crippen LogP contribution < -0.4 is 9.64 Å². The zero-order valence-corrected chi connectivity index (χ0v) is 22.1. The minimum Gasteiger partial charge on any atom is -0.497 e. The lowest BCUT2D eigenvalue weighted by atomic mass is 9.95. The Morgan fingerprint density at radius 3 is 2.44 bits per heavy atom. The van der Waals surface area contributed by atoms with Crippen LogP contribution in [-0.2, 0) is 0 Å². The number of pyridine rings is 1. The molecule has 1 saturated carbocycles. The summed E-state index contributed by atoms with van der Waals surface area (Å²) < 4.78 is 9.39. The fourth-order valence-electron chi connectivity index (χ4n) is 6.26. The van der Waals surface area contributed by atoms with Crippen molar-refractivity contribution in [2.24, 2.45) is 0 Å². The summed E-state index contributed by atoms with van der Waals surface area (Å²) in [7, 11) is 1.67. The van der Waals surface area contributed by atoms with E-state index >= 15 is 0 Å². The van der Waals surface area contributed by atoms with Crippen LogP contribution in [0.2, 0.25) is 0 Å². The van der Waals surface area contributed by atoms with Gasteiger partial charge in [0.15, 0.2) is 11.5 Å². The number of hydrogen-bond donors (Lipinski definition) is 0. The Morgan fingerprint density at radius 1 is 0.846 bits per heavy atom. The lowest BCUT2D eigenvalue weighted by molar-refractivity contribution is 0.194. The maximum absolute atomic E-state index is 5.48. The third kappa shape index (κ3) is 4.36. The zero-order valence-electron chi connectivity index (χ0n) is 22.1. The van der Waals surface area contributed by atoms with Crippen molar-refractivity contribution in [2.75, 3.05) is 38.2 Å². The monoisotopic (exact) mass is 524 g/mol. The fraction of sp³-hybridized carbons (Fsp3) is 0.429. The molecule has 11 nitrogen and oxygen atoms in total. The number of anilines is 1. The topological polar surface area (TPSA) is 102 Å². The molecular formula is C28H32N10O. The van der Waals surface area contributed by atoms with Gasteiger partial charge in [0.05, 0.1) is 18.7 Å². The molecule has 1 aliphatic heterocycles. The van der Waals surface area contributed by atoms with Crippen LogP contribution in [0, 0.1) is 0 Å². The third-order valence-corrected chi connectivity index (χ3v) is 8.28. The normalized spacial score (nSPS) is 18.1. The van der Waals surface area contributed by atoms with Gasteiger partial charge in [-0.2, -0.15) is 4.52 Å². The number of benzene rings is 2. The van der Waals surface area contributed by atoms with Gasteiger partial charge in [-0.05, 0) is 64.0 Å². The number of methoxy groups -OCH3 is 1. The molecule has 0 amide bonds. The first-order valence-electron chi connectivity index (χ1n) is 13.8. The van der Waals surface area contributed by atoms with E-state index < -0.39 is 0 Å². The van der Waals surface area contributed by atoms with Gasteiger partial charge in [0, 0.05) is 48.9 Å². The van der Waals surface area contributed by atoms with Gasteiger partial charge < -0.3 is 9.64 Å². The van der Waals surface area contributed by atoms with E-state index in [1.807, 2.05) is 16.6 Å². The van der Waals surface area contributed by atoms with E-state index in [-0.39, 0.29) is 6.04 Å². The first-order valence-corrected chi connectivity index (χ1v) is 13.8. The number of piperazine rings is 1. The van der Waals surface area contributed by atoms with E-state index in [2.05, 4.69) is 88.0 Å². The minimum absolute atomic E-state index is 0.181. The van der Waals surface area contributed by atoms with Gasteiger partial charge in [0.25, 0.3) is 0 Å². The predicted octanol–water partition coefficient (Wildman–Crippen LogP) is 3.69. The molecule has 4 heterocycles. The fourth-order valence-corrected chi connectivity index (χ4v) is 6.26. The Balaban J connectivity index is 1.33. The SMILES string of the molecule is COc1ccc2cc([C@@H](c3nnnn3C3CCCCC3)N3CCN(c4ccccc4)CC3)c3nnnn3c2c1. The van der Waals surface area contributed by atoms with Gasteiger partial charge in [0.1, 0.15) is 11.8 Å². The van der Waals surface area contributed by atoms with Crippen LogP contribution in [0.1, 0.15) is 55.6 Å². The van der Waals surface area contributed by atoms with E-state index in [0.717, 1.165) is 67.1 Å². The lowest BCUT2D eigenvalue weighted by Crippen LogP contribution is -2.48. The second-order valence-electron chi connectivity index (χ2n) is 10.5. The van der Waals surface area contributed by atoms with E-state index in [1.165, 1.54) is 24.9 Å². The van der Waals surface area contributed by atoms with Gasteiger partial charge >= 0.3 is 0 Å². The molecule has 0 bridgehead atoms. The molecule has 3 aromatic heterocycles. The summed E-state index contributed by atoms with van der Waals surface area (Å²) in [5, 5.41) is 27.4. The number of rotatable bonds is 6. The average Bonchev–Trinajstić information content (AvgIpc) is 3.69. The maximum Gasteiger partial charge on any atom is 0.185 e. The molecule has 39 heavy (non-hydrogen) atoms. The summed E-state index contributed by atoms with van der Waals surface area (Å²) in [6.45, 7) is 3.56. The molecule has 0 radical (unpaired) electrons. The molecule has 1 atom stereocenters. The molecule has 1 aliphatic carbocycles. The zero-order chi connectivity index (χ0) is 26.2. The van der Waals surface area contributed by atoms with E-state index in [9.17, 15) is 0 Å². The molecule has 11 heteroatoms. The quantitative estimate of drug-likeness (QED) is 0.329. The van der Waals surface area contributed by atoms with Crippen LogP contribution in [-0.4, -0.2) is 78.4 Å². The Bertz CT molecular complexity index is 1570. The number of fused-ring (bicyclic) bond motifs is 3. The molecule has 200 valence electrons. The van der Waals surface area contributed by atoms with Crippen LogP contribution in [0.15, 0.2) is 54.6 Å². The number of aromatic nitrogens is 8. The van der Waals surface area contributed by atoms with Gasteiger partial charge in [0.2, 0.25) is 0 Å². The molecule has 2 aromatic carbocycles. The largest absolute Gasteiger partial charge is 0.497 e. The standard InChI is InChI=1S/C28H32N10O/c1-39-23-13-12-20-18-24(27-29-31-34-38(27)25(20)19-23)26(28-30-32-33-37(28)22-10-6-3-7-11-22)36-16-14-35(15-17-36)21-8-4-2-5-9-21/h2,4-5,8-9,12-13,18-19,22,26H,3,6-7,10-11,14-17H2,1H3/t26-/m0/s1. The Hall–Kier alpha value is -4.12. The predicted molar refractivity (Wildman–Crippen MR) is 147 cm³/mol. The van der Waals surface area contributed by atoms with Crippen molar-refractivity contribution in [1.82, 2.24) is 45.1 Å². The number of para-hydroxylation sites is 1. The van der Waals surface area contributed by atoms with E-state index in [1.54, 1.807) is 7.11 Å². The van der Waals surface area contributed by atoms with Gasteiger partial charge in [-0.1, -0.05) is 37.5 Å². The van der Waals surface area contributed by atoms with Crippen molar-refractivity contribution in [1.29, 1.82) is 0 Å². The molecule has 0 unspecified atom stereocenters. The van der Waals surface area contributed by atoms with Crippen LogP contribution in [0.25, 0.3) is 16.6 Å². The van der Waals surface area contributed by atoms with Crippen molar-refractivity contribution >= 4 is 22.2 Å². The number of hydrogen-bond acceptors (Lipinski definition) is 9. The summed E-state index contributed by atoms with van der Waals surface area (Å²) in [6, 6.07) is 19.0. The molecule has 0 spiro atoms. The van der Waals surface area contributed by atoms with Gasteiger partial charge in [-0.25, -0.2) is 4.68 Å². The van der Waals surface area contributed by atoms with Crippen molar-refractivity contribution in [3.05, 3.63) is 66.0 Å². The Morgan fingerprint density at radius 2 is 1.64 bits per heavy atom. The molecule has 1 saturated heterocycles. The van der Waals surface area contributed by atoms with Crippen molar-refractivity contribution in [3.8, 4) is 5.75 Å². The van der Waals surface area contributed by atoms with Gasteiger partial charge in [-0.15, -0.1) is 10.2 Å². The maximum atomic E-state index is 5.48.